The van der Waals surface area contributed by atoms with Crippen LogP contribution in [0.15, 0.2) is 24.3 Å². The van der Waals surface area contributed by atoms with E-state index in [9.17, 15) is 5.11 Å². The summed E-state index contributed by atoms with van der Waals surface area (Å²) in [5, 5.41) is 21.1. The minimum Gasteiger partial charge on any atom is -0.478 e. The SMILES string of the molecule is CC(C)[C@@H](CO)NCc1ccccc1OCC#N. The first-order valence-electron chi connectivity index (χ1n) is 6.11. The minimum atomic E-state index is 0.0463. The topological polar surface area (TPSA) is 65.3 Å². The van der Waals surface area contributed by atoms with E-state index >= 15 is 0 Å². The smallest absolute Gasteiger partial charge is 0.174 e. The number of benzene rings is 1. The standard InChI is InChI=1S/C14H20N2O2/c1-11(2)13(10-17)16-9-12-5-3-4-6-14(12)18-8-7-15/h3-6,11,13,16-17H,8-10H2,1-2H3/t13-/m1/s1. The van der Waals surface area contributed by atoms with Gasteiger partial charge in [-0.1, -0.05) is 32.0 Å². The van der Waals surface area contributed by atoms with E-state index in [2.05, 4.69) is 19.2 Å². The molecule has 0 heterocycles. The molecule has 0 fully saturated rings. The Morgan fingerprint density at radius 3 is 2.72 bits per heavy atom. The Labute approximate surface area is 108 Å². The summed E-state index contributed by atoms with van der Waals surface area (Å²) < 4.78 is 5.35. The fourth-order valence-electron chi connectivity index (χ4n) is 1.65. The predicted molar refractivity (Wildman–Crippen MR) is 70.1 cm³/mol. The van der Waals surface area contributed by atoms with E-state index in [0.717, 1.165) is 5.56 Å². The van der Waals surface area contributed by atoms with E-state index in [1.807, 2.05) is 30.3 Å². The Morgan fingerprint density at radius 1 is 1.39 bits per heavy atom. The predicted octanol–water partition coefficient (Wildman–Crippen LogP) is 1.70. The third-order valence-electron chi connectivity index (χ3n) is 2.82. The van der Waals surface area contributed by atoms with Crippen molar-refractivity contribution in [1.29, 1.82) is 5.26 Å². The summed E-state index contributed by atoms with van der Waals surface area (Å²) in [6, 6.07) is 9.62. The van der Waals surface area contributed by atoms with Crippen LogP contribution in [-0.4, -0.2) is 24.4 Å². The summed E-state index contributed by atoms with van der Waals surface area (Å²) in [4.78, 5) is 0. The quantitative estimate of drug-likeness (QED) is 0.770. The summed E-state index contributed by atoms with van der Waals surface area (Å²) in [5.41, 5.74) is 0.992. The summed E-state index contributed by atoms with van der Waals surface area (Å²) in [6.45, 7) is 4.90. The summed E-state index contributed by atoms with van der Waals surface area (Å²) in [5.74, 6) is 1.08. The van der Waals surface area contributed by atoms with Crippen molar-refractivity contribution in [3.8, 4) is 11.8 Å². The minimum absolute atomic E-state index is 0.0463. The molecule has 0 aliphatic rings. The van der Waals surface area contributed by atoms with E-state index in [0.29, 0.717) is 18.2 Å². The number of para-hydroxylation sites is 1. The first-order chi connectivity index (χ1) is 8.69. The molecule has 1 rings (SSSR count). The Morgan fingerprint density at radius 2 is 2.11 bits per heavy atom. The third-order valence-corrected chi connectivity index (χ3v) is 2.82. The molecule has 1 aromatic rings. The third kappa shape index (κ3) is 4.36. The molecule has 4 nitrogen and oxygen atoms in total. The van der Waals surface area contributed by atoms with Crippen LogP contribution in [0.2, 0.25) is 0 Å². The average molecular weight is 248 g/mol. The van der Waals surface area contributed by atoms with Crippen molar-refractivity contribution in [2.75, 3.05) is 13.2 Å². The molecule has 0 saturated carbocycles. The van der Waals surface area contributed by atoms with Gasteiger partial charge in [0.2, 0.25) is 0 Å². The fourth-order valence-corrected chi connectivity index (χ4v) is 1.65. The van der Waals surface area contributed by atoms with E-state index in [-0.39, 0.29) is 19.3 Å². The van der Waals surface area contributed by atoms with Crippen molar-refractivity contribution < 1.29 is 9.84 Å². The molecule has 4 heteroatoms. The van der Waals surface area contributed by atoms with Crippen LogP contribution < -0.4 is 10.1 Å². The lowest BCUT2D eigenvalue weighted by Crippen LogP contribution is -2.36. The van der Waals surface area contributed by atoms with E-state index in [1.165, 1.54) is 0 Å². The van der Waals surface area contributed by atoms with Crippen molar-refractivity contribution in [3.05, 3.63) is 29.8 Å². The number of nitrogens with zero attached hydrogens (tertiary/aromatic N) is 1. The fraction of sp³-hybridized carbons (Fsp3) is 0.500. The Bertz CT molecular complexity index is 399. The monoisotopic (exact) mass is 248 g/mol. The van der Waals surface area contributed by atoms with Gasteiger partial charge in [0.15, 0.2) is 6.61 Å². The zero-order valence-electron chi connectivity index (χ0n) is 10.9. The van der Waals surface area contributed by atoms with Crippen LogP contribution in [0.1, 0.15) is 19.4 Å². The Kier molecular flexibility index (Phi) is 6.20. The Hall–Kier alpha value is -1.57. The Balaban J connectivity index is 2.63. The summed E-state index contributed by atoms with van der Waals surface area (Å²) in [7, 11) is 0. The van der Waals surface area contributed by atoms with Crippen molar-refractivity contribution in [3.63, 3.8) is 0 Å². The van der Waals surface area contributed by atoms with Crippen molar-refractivity contribution in [1.82, 2.24) is 5.32 Å². The molecule has 0 aliphatic carbocycles. The maximum Gasteiger partial charge on any atom is 0.174 e. The molecular weight excluding hydrogens is 228 g/mol. The normalized spacial score (nSPS) is 12.2. The molecule has 0 amide bonds. The van der Waals surface area contributed by atoms with E-state index in [1.54, 1.807) is 0 Å². The molecule has 0 bridgehead atoms. The second-order valence-electron chi connectivity index (χ2n) is 4.47. The molecular formula is C14H20N2O2. The van der Waals surface area contributed by atoms with Crippen molar-refractivity contribution >= 4 is 0 Å². The van der Waals surface area contributed by atoms with Gasteiger partial charge >= 0.3 is 0 Å². The zero-order valence-corrected chi connectivity index (χ0v) is 10.9. The number of nitriles is 1. The molecule has 0 radical (unpaired) electrons. The van der Waals surface area contributed by atoms with Gasteiger partial charge in [-0.25, -0.2) is 0 Å². The van der Waals surface area contributed by atoms with Gasteiger partial charge in [0.1, 0.15) is 11.8 Å². The van der Waals surface area contributed by atoms with Gasteiger partial charge in [0.25, 0.3) is 0 Å². The number of nitrogens with one attached hydrogen (secondary N) is 1. The molecule has 0 spiro atoms. The molecule has 2 N–H and O–H groups in total. The second kappa shape index (κ2) is 7.70. The number of ether oxygens (including phenoxy) is 1. The highest BCUT2D eigenvalue weighted by atomic mass is 16.5. The lowest BCUT2D eigenvalue weighted by atomic mass is 10.0. The zero-order chi connectivity index (χ0) is 13.4. The van der Waals surface area contributed by atoms with Crippen LogP contribution in [0.25, 0.3) is 0 Å². The first-order valence-corrected chi connectivity index (χ1v) is 6.11. The number of hydrogen-bond acceptors (Lipinski definition) is 4. The lowest BCUT2D eigenvalue weighted by Gasteiger charge is -2.20. The van der Waals surface area contributed by atoms with Gasteiger partial charge in [-0.15, -0.1) is 0 Å². The van der Waals surface area contributed by atoms with E-state index < -0.39 is 0 Å². The van der Waals surface area contributed by atoms with Crippen molar-refractivity contribution in [2.45, 2.75) is 26.4 Å². The van der Waals surface area contributed by atoms with Crippen LogP contribution in [0.3, 0.4) is 0 Å². The van der Waals surface area contributed by atoms with Crippen LogP contribution >= 0.6 is 0 Å². The molecule has 98 valence electrons. The van der Waals surface area contributed by atoms with Crippen LogP contribution in [0.4, 0.5) is 0 Å². The number of aliphatic hydroxyl groups is 1. The number of aliphatic hydroxyl groups excluding tert-OH is 1. The van der Waals surface area contributed by atoms with Gasteiger partial charge < -0.3 is 15.2 Å². The van der Waals surface area contributed by atoms with Crippen LogP contribution in [0, 0.1) is 17.2 Å². The van der Waals surface area contributed by atoms with Gasteiger partial charge in [-0.05, 0) is 12.0 Å². The van der Waals surface area contributed by atoms with Gasteiger partial charge in [-0.3, -0.25) is 0 Å². The molecule has 1 atom stereocenters. The highest BCUT2D eigenvalue weighted by Crippen LogP contribution is 2.18. The van der Waals surface area contributed by atoms with E-state index in [4.69, 9.17) is 10.00 Å². The van der Waals surface area contributed by atoms with Crippen molar-refractivity contribution in [2.24, 2.45) is 5.92 Å². The van der Waals surface area contributed by atoms with Gasteiger partial charge in [0, 0.05) is 18.2 Å². The molecule has 0 aliphatic heterocycles. The average Bonchev–Trinajstić information content (AvgIpc) is 2.38. The molecule has 0 unspecified atom stereocenters. The highest BCUT2D eigenvalue weighted by molar-refractivity contribution is 5.33. The maximum atomic E-state index is 9.25. The molecule has 18 heavy (non-hydrogen) atoms. The van der Waals surface area contributed by atoms with Crippen LogP contribution in [0.5, 0.6) is 5.75 Å². The second-order valence-corrected chi connectivity index (χ2v) is 4.47. The number of rotatable bonds is 7. The first kappa shape index (κ1) is 14.5. The molecule has 0 aromatic heterocycles. The molecule has 0 saturated heterocycles. The summed E-state index contributed by atoms with van der Waals surface area (Å²) in [6.07, 6.45) is 0. The lowest BCUT2D eigenvalue weighted by molar-refractivity contribution is 0.209. The molecule has 1 aromatic carbocycles. The summed E-state index contributed by atoms with van der Waals surface area (Å²) >= 11 is 0. The largest absolute Gasteiger partial charge is 0.478 e. The van der Waals surface area contributed by atoms with Gasteiger partial charge in [-0.2, -0.15) is 5.26 Å². The maximum absolute atomic E-state index is 9.25. The highest BCUT2D eigenvalue weighted by Gasteiger charge is 2.12. The van der Waals surface area contributed by atoms with Crippen LogP contribution in [-0.2, 0) is 6.54 Å². The van der Waals surface area contributed by atoms with Gasteiger partial charge in [0.05, 0.1) is 6.61 Å². The number of hydrogen-bond donors (Lipinski definition) is 2.